The van der Waals surface area contributed by atoms with Crippen LogP contribution in [0.15, 0.2) is 164 Å². The summed E-state index contributed by atoms with van der Waals surface area (Å²) in [4.78, 5) is 2.41. The first kappa shape index (κ1) is 35.1. The van der Waals surface area contributed by atoms with Gasteiger partial charge in [0.15, 0.2) is 19.6 Å². The van der Waals surface area contributed by atoms with E-state index in [1.54, 1.807) is 0 Å². The van der Waals surface area contributed by atoms with Crippen molar-refractivity contribution in [2.75, 3.05) is 4.90 Å². The number of fused-ring (bicyclic) bond motifs is 4. The minimum Gasteiger partial charge on any atom is -0.453 e. The van der Waals surface area contributed by atoms with E-state index in [0.29, 0.717) is 17.8 Å². The normalized spacial score (nSPS) is 14.0. The van der Waals surface area contributed by atoms with Gasteiger partial charge in [0.05, 0.1) is 11.4 Å². The Morgan fingerprint density at radius 3 is 1.51 bits per heavy atom. The topological polar surface area (TPSA) is 12.5 Å². The number of nitrogens with zero attached hydrogens (tertiary/aromatic N) is 1. The maximum Gasteiger partial charge on any atom is 0.241 e. The fourth-order valence-corrected chi connectivity index (χ4v) is 14.7. The highest BCUT2D eigenvalue weighted by atomic mass is 28.3. The molecule has 0 N–H and O–H groups in total. The molecule has 2 heterocycles. The molecule has 55 heavy (non-hydrogen) atoms. The lowest BCUT2D eigenvalue weighted by Gasteiger charge is -2.44. The Morgan fingerprint density at radius 1 is 0.473 bits per heavy atom. The van der Waals surface area contributed by atoms with Gasteiger partial charge in [-0.25, -0.2) is 0 Å². The lowest BCUT2D eigenvalue weighted by Crippen LogP contribution is -2.86. The highest BCUT2D eigenvalue weighted by Gasteiger charge is 2.51. The van der Waals surface area contributed by atoms with E-state index in [9.17, 15) is 0 Å². The molecule has 0 fully saturated rings. The molecule has 2 nitrogen and oxygen atoms in total. The molecule has 0 saturated heterocycles. The molecule has 0 spiro atoms. The Hall–Kier alpha value is -5.58. The Balaban J connectivity index is 1.43. The number of rotatable bonds is 7. The van der Waals surface area contributed by atoms with Gasteiger partial charge in [0.2, 0.25) is 6.71 Å². The molecule has 0 atom stereocenters. The number of hydrogen-bond donors (Lipinski definition) is 0. The van der Waals surface area contributed by atoms with Gasteiger partial charge in [0, 0.05) is 5.69 Å². The first-order chi connectivity index (χ1) is 26.8. The molecule has 4 heteroatoms. The lowest BCUT2D eigenvalue weighted by molar-refractivity contribution is 0.477. The minimum atomic E-state index is -2.83. The maximum atomic E-state index is 6.51. The van der Waals surface area contributed by atoms with Gasteiger partial charge in [0.1, 0.15) is 0 Å². The molecule has 9 rings (SSSR count). The van der Waals surface area contributed by atoms with Crippen molar-refractivity contribution in [1.82, 2.24) is 0 Å². The van der Waals surface area contributed by atoms with Crippen LogP contribution in [0.3, 0.4) is 0 Å². The van der Waals surface area contributed by atoms with Crippen LogP contribution in [0, 0.1) is 0 Å². The summed E-state index contributed by atoms with van der Waals surface area (Å²) in [5.41, 5.74) is 11.9. The summed E-state index contributed by atoms with van der Waals surface area (Å²) in [6.07, 6.45) is 0. The van der Waals surface area contributed by atoms with E-state index < -0.39 is 8.07 Å². The summed E-state index contributed by atoms with van der Waals surface area (Å²) in [5, 5.41) is 5.76. The Bertz CT molecular complexity index is 2410. The van der Waals surface area contributed by atoms with Gasteiger partial charge in [-0.2, -0.15) is 0 Å². The number of ether oxygens (including phenoxy) is 1. The van der Waals surface area contributed by atoms with E-state index in [2.05, 4.69) is 210 Å². The first-order valence-corrected chi connectivity index (χ1v) is 22.0. The second kappa shape index (κ2) is 13.9. The van der Waals surface area contributed by atoms with Crippen LogP contribution < -0.4 is 46.8 Å². The molecular formula is C51H48BNOSi. The van der Waals surface area contributed by atoms with Gasteiger partial charge in [-0.05, 0) is 91.6 Å². The fraction of sp³-hybridized carbons (Fsp3) is 0.176. The van der Waals surface area contributed by atoms with Crippen LogP contribution in [0.1, 0.15) is 76.0 Å². The van der Waals surface area contributed by atoms with Crippen LogP contribution >= 0.6 is 0 Å². The van der Waals surface area contributed by atoms with Gasteiger partial charge in [-0.1, -0.05) is 185 Å². The van der Waals surface area contributed by atoms with E-state index in [4.69, 9.17) is 4.74 Å². The van der Waals surface area contributed by atoms with E-state index in [1.165, 1.54) is 53.8 Å². The first-order valence-electron chi connectivity index (χ1n) is 20.0. The van der Waals surface area contributed by atoms with Crippen molar-refractivity contribution in [2.45, 2.75) is 59.3 Å². The smallest absolute Gasteiger partial charge is 0.241 e. The third-order valence-electron chi connectivity index (χ3n) is 12.0. The van der Waals surface area contributed by atoms with Crippen LogP contribution in [0.5, 0.6) is 11.5 Å². The van der Waals surface area contributed by atoms with Crippen molar-refractivity contribution in [3.05, 3.63) is 180 Å². The van der Waals surface area contributed by atoms with Crippen molar-refractivity contribution in [2.24, 2.45) is 0 Å². The van der Waals surface area contributed by atoms with Gasteiger partial charge in [0.25, 0.3) is 0 Å². The highest BCUT2D eigenvalue weighted by molar-refractivity contribution is 7.26. The van der Waals surface area contributed by atoms with E-state index in [1.807, 2.05) is 0 Å². The maximum absolute atomic E-state index is 6.51. The Kier molecular flexibility index (Phi) is 8.90. The molecule has 0 aromatic heterocycles. The molecule has 270 valence electrons. The Labute approximate surface area is 328 Å². The fourth-order valence-electron chi connectivity index (χ4n) is 9.48. The van der Waals surface area contributed by atoms with Gasteiger partial charge >= 0.3 is 0 Å². The van der Waals surface area contributed by atoms with Crippen molar-refractivity contribution in [3.8, 4) is 11.5 Å². The molecule has 0 radical (unpaired) electrons. The van der Waals surface area contributed by atoms with Crippen molar-refractivity contribution in [3.63, 3.8) is 0 Å². The van der Waals surface area contributed by atoms with Crippen LogP contribution in [0.2, 0.25) is 0 Å². The lowest BCUT2D eigenvalue weighted by atomic mass is 9.34. The zero-order valence-electron chi connectivity index (χ0n) is 32.8. The molecule has 2 aliphatic heterocycles. The largest absolute Gasteiger partial charge is 0.453 e. The van der Waals surface area contributed by atoms with Crippen molar-refractivity contribution < 1.29 is 4.74 Å². The van der Waals surface area contributed by atoms with Gasteiger partial charge in [-0.15, -0.1) is 0 Å². The zero-order chi connectivity index (χ0) is 37.8. The summed E-state index contributed by atoms with van der Waals surface area (Å²) in [6, 6.07) is 61.6. The third-order valence-corrected chi connectivity index (χ3v) is 16.9. The molecule has 0 saturated carbocycles. The number of hydrogen-bond acceptors (Lipinski definition) is 2. The van der Waals surface area contributed by atoms with Crippen LogP contribution in [0.4, 0.5) is 17.1 Å². The second-order valence-corrected chi connectivity index (χ2v) is 20.0. The summed E-state index contributed by atoms with van der Waals surface area (Å²) in [6.45, 7) is 14.2. The van der Waals surface area contributed by atoms with E-state index in [0.717, 1.165) is 28.6 Å². The second-order valence-electron chi connectivity index (χ2n) is 16.2. The van der Waals surface area contributed by atoms with E-state index in [-0.39, 0.29) is 6.71 Å². The quantitative estimate of drug-likeness (QED) is 0.152. The molecule has 2 aliphatic rings. The van der Waals surface area contributed by atoms with Crippen molar-refractivity contribution in [1.29, 1.82) is 0 Å². The standard InChI is InChI=1S/C51H48BNOSi/c1-34(2)37-31-41(35(3)4)51(42(32-37)36(5)6)52-43-23-13-18-28-49(43)55(39-19-9-7-10-20-39,40-21-11-8-12-22-40)50-30-29-38(33-44(50)52)53-45-24-14-16-26-47(45)54-48-27-17-15-25-46(48)53/h7-36H,1-6H3. The summed E-state index contributed by atoms with van der Waals surface area (Å²) in [5.74, 6) is 2.89. The van der Waals surface area contributed by atoms with E-state index >= 15 is 0 Å². The van der Waals surface area contributed by atoms with Crippen molar-refractivity contribution >= 4 is 69.0 Å². The average molecular weight is 730 g/mol. The minimum absolute atomic E-state index is 0.0433. The molecule has 0 unspecified atom stereocenters. The van der Waals surface area contributed by atoms with Gasteiger partial charge in [-0.3, -0.25) is 0 Å². The van der Waals surface area contributed by atoms with Gasteiger partial charge < -0.3 is 9.64 Å². The number of anilines is 3. The van der Waals surface area contributed by atoms with Crippen LogP contribution in [-0.4, -0.2) is 14.8 Å². The predicted octanol–water partition coefficient (Wildman–Crippen LogP) is 8.84. The summed E-state index contributed by atoms with van der Waals surface area (Å²) < 4.78 is 6.51. The molecule has 7 aromatic rings. The third kappa shape index (κ3) is 5.61. The number of benzene rings is 7. The molecular weight excluding hydrogens is 681 g/mol. The highest BCUT2D eigenvalue weighted by Crippen LogP contribution is 2.49. The number of para-hydroxylation sites is 4. The van der Waals surface area contributed by atoms with Crippen LogP contribution in [-0.2, 0) is 0 Å². The predicted molar refractivity (Wildman–Crippen MR) is 238 cm³/mol. The summed E-state index contributed by atoms with van der Waals surface area (Å²) >= 11 is 0. The molecule has 0 amide bonds. The van der Waals surface area contributed by atoms with Crippen LogP contribution in [0.25, 0.3) is 0 Å². The Morgan fingerprint density at radius 2 is 0.964 bits per heavy atom. The molecule has 0 aliphatic carbocycles. The SMILES string of the molecule is CC(C)c1cc(C(C)C)c(B2c3ccccc3[Si](c3ccccc3)(c3ccccc3)c3ccc(N4c5ccccc5Oc5ccccc54)cc32)c(C(C)C)c1. The molecule has 7 aromatic carbocycles. The zero-order valence-corrected chi connectivity index (χ0v) is 33.8. The summed E-state index contributed by atoms with van der Waals surface area (Å²) in [7, 11) is -2.83. The monoisotopic (exact) mass is 729 g/mol. The average Bonchev–Trinajstić information content (AvgIpc) is 3.22. The molecule has 0 bridgehead atoms.